The summed E-state index contributed by atoms with van der Waals surface area (Å²) in [4.78, 5) is 3.99. The summed E-state index contributed by atoms with van der Waals surface area (Å²) in [6.45, 7) is 1.95. The molecule has 0 aliphatic carbocycles. The number of benzene rings is 1. The third-order valence-electron chi connectivity index (χ3n) is 2.33. The van der Waals surface area contributed by atoms with Gasteiger partial charge in [0.1, 0.15) is 11.5 Å². The monoisotopic (exact) mass is 292 g/mol. The van der Waals surface area contributed by atoms with Crippen molar-refractivity contribution in [3.05, 3.63) is 52.8 Å². The Morgan fingerprint density at radius 1 is 1.29 bits per heavy atom. The molecule has 1 aromatic heterocycles. The summed E-state index contributed by atoms with van der Waals surface area (Å²) < 4.78 is 6.61. The number of rotatable bonds is 3. The Labute approximate surface area is 109 Å². The maximum absolute atomic E-state index is 5.84. The highest BCUT2D eigenvalue weighted by Crippen LogP contribution is 2.29. The molecule has 2 aromatic rings. The van der Waals surface area contributed by atoms with Crippen molar-refractivity contribution in [1.82, 2.24) is 4.98 Å². The van der Waals surface area contributed by atoms with Crippen molar-refractivity contribution in [3.8, 4) is 11.5 Å². The number of nitrogens with zero attached hydrogens (tertiary/aromatic N) is 1. The fourth-order valence-electron chi connectivity index (χ4n) is 1.48. The van der Waals surface area contributed by atoms with Crippen LogP contribution in [0.1, 0.15) is 18.5 Å². The lowest BCUT2D eigenvalue weighted by Crippen LogP contribution is -2.05. The zero-order valence-electron chi connectivity index (χ0n) is 9.43. The van der Waals surface area contributed by atoms with E-state index in [9.17, 15) is 0 Å². The van der Waals surface area contributed by atoms with Crippen LogP contribution in [0.5, 0.6) is 11.5 Å². The first-order valence-electron chi connectivity index (χ1n) is 5.30. The minimum Gasteiger partial charge on any atom is -0.456 e. The Morgan fingerprint density at radius 2 is 2.12 bits per heavy atom. The fourth-order valence-corrected chi connectivity index (χ4v) is 2.20. The average molecular weight is 293 g/mol. The van der Waals surface area contributed by atoms with E-state index in [4.69, 9.17) is 10.5 Å². The normalized spacial score (nSPS) is 12.2. The molecule has 88 valence electrons. The van der Waals surface area contributed by atoms with Gasteiger partial charge < -0.3 is 10.5 Å². The van der Waals surface area contributed by atoms with Crippen LogP contribution in [0.15, 0.2) is 47.2 Å². The van der Waals surface area contributed by atoms with Crippen LogP contribution >= 0.6 is 15.9 Å². The molecule has 2 rings (SSSR count). The molecule has 0 radical (unpaired) electrons. The first-order chi connectivity index (χ1) is 8.16. The van der Waals surface area contributed by atoms with Crippen LogP contribution in [0.25, 0.3) is 0 Å². The number of halogens is 1. The molecule has 0 bridgehead atoms. The lowest BCUT2D eigenvalue weighted by Gasteiger charge is -2.11. The number of ether oxygens (including phenoxy) is 1. The van der Waals surface area contributed by atoms with E-state index in [1.165, 1.54) is 0 Å². The molecule has 0 aliphatic heterocycles. The zero-order chi connectivity index (χ0) is 12.3. The minimum atomic E-state index is -0.00295. The van der Waals surface area contributed by atoms with Gasteiger partial charge in [0.25, 0.3) is 0 Å². The highest BCUT2D eigenvalue weighted by atomic mass is 79.9. The van der Waals surface area contributed by atoms with Gasteiger partial charge >= 0.3 is 0 Å². The third kappa shape index (κ3) is 3.05. The minimum absolute atomic E-state index is 0.00295. The second-order valence-electron chi connectivity index (χ2n) is 3.76. The first-order valence-corrected chi connectivity index (χ1v) is 6.09. The predicted molar refractivity (Wildman–Crippen MR) is 71.1 cm³/mol. The van der Waals surface area contributed by atoms with Gasteiger partial charge in [-0.1, -0.05) is 22.0 Å². The maximum Gasteiger partial charge on any atom is 0.145 e. The van der Waals surface area contributed by atoms with E-state index >= 15 is 0 Å². The molecule has 17 heavy (non-hydrogen) atoms. The van der Waals surface area contributed by atoms with Gasteiger partial charge in [0, 0.05) is 16.7 Å². The van der Waals surface area contributed by atoms with E-state index in [0.717, 1.165) is 15.8 Å². The Kier molecular flexibility index (Phi) is 3.76. The number of hydrogen-bond donors (Lipinski definition) is 1. The van der Waals surface area contributed by atoms with Crippen LogP contribution in [0.2, 0.25) is 0 Å². The van der Waals surface area contributed by atoms with E-state index < -0.39 is 0 Å². The van der Waals surface area contributed by atoms with Gasteiger partial charge in [-0.25, -0.2) is 0 Å². The molecule has 0 fully saturated rings. The maximum atomic E-state index is 5.84. The van der Waals surface area contributed by atoms with Crippen LogP contribution < -0.4 is 10.5 Å². The number of hydrogen-bond acceptors (Lipinski definition) is 3. The van der Waals surface area contributed by atoms with E-state index in [0.29, 0.717) is 5.75 Å². The van der Waals surface area contributed by atoms with E-state index in [1.807, 2.05) is 37.3 Å². The Hall–Kier alpha value is -1.39. The number of pyridine rings is 1. The van der Waals surface area contributed by atoms with E-state index in [-0.39, 0.29) is 6.04 Å². The Balaban J connectivity index is 2.21. The summed E-state index contributed by atoms with van der Waals surface area (Å²) in [7, 11) is 0. The molecule has 2 N–H and O–H groups in total. The van der Waals surface area contributed by atoms with Crippen LogP contribution in [0, 0.1) is 0 Å². The second kappa shape index (κ2) is 5.29. The van der Waals surface area contributed by atoms with Crippen molar-refractivity contribution >= 4 is 15.9 Å². The highest BCUT2D eigenvalue weighted by Gasteiger charge is 2.06. The average Bonchev–Trinajstić information content (AvgIpc) is 2.30. The summed E-state index contributed by atoms with van der Waals surface area (Å²) in [6, 6.07) is 9.46. The van der Waals surface area contributed by atoms with Gasteiger partial charge in [0.05, 0.1) is 6.20 Å². The Morgan fingerprint density at radius 3 is 2.71 bits per heavy atom. The third-order valence-corrected chi connectivity index (χ3v) is 3.02. The number of nitrogens with two attached hydrogens (primary N) is 1. The number of aromatic nitrogens is 1. The fraction of sp³-hybridized carbons (Fsp3) is 0.154. The molecule has 0 saturated carbocycles. The van der Waals surface area contributed by atoms with Crippen molar-refractivity contribution in [3.63, 3.8) is 0 Å². The molecule has 0 spiro atoms. The predicted octanol–water partition coefficient (Wildman–Crippen LogP) is 3.66. The van der Waals surface area contributed by atoms with Crippen LogP contribution in [0.3, 0.4) is 0 Å². The van der Waals surface area contributed by atoms with Crippen LogP contribution in [0.4, 0.5) is 0 Å². The molecule has 3 nitrogen and oxygen atoms in total. The van der Waals surface area contributed by atoms with Crippen molar-refractivity contribution in [2.75, 3.05) is 0 Å². The SMILES string of the molecule is C[C@@H](N)c1ccc(Oc2cccnc2)cc1Br. The molecule has 1 heterocycles. The molecule has 0 amide bonds. The second-order valence-corrected chi connectivity index (χ2v) is 4.62. The summed E-state index contributed by atoms with van der Waals surface area (Å²) in [6.07, 6.45) is 3.38. The molecule has 1 atom stereocenters. The molecule has 1 aromatic carbocycles. The van der Waals surface area contributed by atoms with Crippen LogP contribution in [-0.4, -0.2) is 4.98 Å². The molecule has 0 unspecified atom stereocenters. The highest BCUT2D eigenvalue weighted by molar-refractivity contribution is 9.10. The van der Waals surface area contributed by atoms with Crippen molar-refractivity contribution in [2.45, 2.75) is 13.0 Å². The van der Waals surface area contributed by atoms with Gasteiger partial charge in [-0.3, -0.25) is 4.98 Å². The first kappa shape index (κ1) is 12.1. The van der Waals surface area contributed by atoms with Crippen LogP contribution in [-0.2, 0) is 0 Å². The smallest absolute Gasteiger partial charge is 0.145 e. The lowest BCUT2D eigenvalue weighted by atomic mass is 10.1. The van der Waals surface area contributed by atoms with Gasteiger partial charge in [0.15, 0.2) is 0 Å². The van der Waals surface area contributed by atoms with Crippen molar-refractivity contribution in [1.29, 1.82) is 0 Å². The van der Waals surface area contributed by atoms with Gasteiger partial charge in [-0.05, 0) is 36.8 Å². The van der Waals surface area contributed by atoms with Crippen molar-refractivity contribution in [2.24, 2.45) is 5.73 Å². The molecular formula is C13H13BrN2O. The molecule has 0 saturated heterocycles. The van der Waals surface area contributed by atoms with E-state index in [1.54, 1.807) is 12.4 Å². The van der Waals surface area contributed by atoms with E-state index in [2.05, 4.69) is 20.9 Å². The summed E-state index contributed by atoms with van der Waals surface area (Å²) in [5, 5.41) is 0. The molecule has 4 heteroatoms. The Bertz CT molecular complexity index is 500. The lowest BCUT2D eigenvalue weighted by molar-refractivity contribution is 0.479. The summed E-state index contributed by atoms with van der Waals surface area (Å²) in [5.41, 5.74) is 6.90. The molecular weight excluding hydrogens is 280 g/mol. The van der Waals surface area contributed by atoms with Crippen molar-refractivity contribution < 1.29 is 4.74 Å². The van der Waals surface area contributed by atoms with Gasteiger partial charge in [-0.2, -0.15) is 0 Å². The molecule has 0 aliphatic rings. The zero-order valence-corrected chi connectivity index (χ0v) is 11.0. The quantitative estimate of drug-likeness (QED) is 0.939. The summed E-state index contributed by atoms with van der Waals surface area (Å²) in [5.74, 6) is 1.47. The topological polar surface area (TPSA) is 48.1 Å². The van der Waals surface area contributed by atoms with Gasteiger partial charge in [0.2, 0.25) is 0 Å². The standard InChI is InChI=1S/C13H13BrN2O/c1-9(15)12-5-4-10(7-13(12)14)17-11-3-2-6-16-8-11/h2-9H,15H2,1H3/t9-/m1/s1. The summed E-state index contributed by atoms with van der Waals surface area (Å²) >= 11 is 3.49. The largest absolute Gasteiger partial charge is 0.456 e. The van der Waals surface area contributed by atoms with Gasteiger partial charge in [-0.15, -0.1) is 0 Å².